The third kappa shape index (κ3) is 2.76. The number of hydrogen-bond donors (Lipinski definition) is 1. The molecule has 138 valence electrons. The largest absolute Gasteiger partial charge is 0.371 e. The van der Waals surface area contributed by atoms with Crippen molar-refractivity contribution in [1.29, 1.82) is 0 Å². The monoisotopic (exact) mass is 366 g/mol. The van der Waals surface area contributed by atoms with Crippen molar-refractivity contribution in [2.45, 2.75) is 24.8 Å². The number of piperidine rings is 1. The summed E-state index contributed by atoms with van der Waals surface area (Å²) in [6, 6.07) is 16.2. The first-order valence-corrected chi connectivity index (χ1v) is 9.23. The molecule has 4 nitrogen and oxygen atoms in total. The minimum absolute atomic E-state index is 0.0824. The maximum Gasteiger partial charge on any atom is 0.251 e. The highest BCUT2D eigenvalue weighted by Crippen LogP contribution is 2.40. The van der Waals surface area contributed by atoms with E-state index < -0.39 is 5.92 Å². The second-order valence-electron chi connectivity index (χ2n) is 7.16. The Morgan fingerprint density at radius 3 is 2.67 bits per heavy atom. The van der Waals surface area contributed by atoms with Crippen molar-refractivity contribution in [3.63, 3.8) is 0 Å². The van der Waals surface area contributed by atoms with Gasteiger partial charge in [0.05, 0.1) is 17.4 Å². The van der Waals surface area contributed by atoms with Crippen molar-refractivity contribution in [3.05, 3.63) is 72.2 Å². The van der Waals surface area contributed by atoms with Crippen molar-refractivity contribution in [2.24, 2.45) is 0 Å². The average Bonchev–Trinajstić information content (AvgIpc) is 3.18. The number of anilines is 2. The van der Waals surface area contributed by atoms with Crippen molar-refractivity contribution in [3.8, 4) is 5.69 Å². The van der Waals surface area contributed by atoms with Crippen LogP contribution in [0.2, 0.25) is 0 Å². The first-order chi connectivity index (χ1) is 13.1. The molecule has 1 saturated heterocycles. The van der Waals surface area contributed by atoms with Gasteiger partial charge in [-0.05, 0) is 30.3 Å². The fourth-order valence-electron chi connectivity index (χ4n) is 4.07. The number of nitrogens with one attached hydrogen (secondary N) is 1. The van der Waals surface area contributed by atoms with Crippen LogP contribution in [-0.4, -0.2) is 28.6 Å². The molecule has 0 radical (unpaired) electrons. The average molecular weight is 366 g/mol. The number of nitrogens with zero attached hydrogens (tertiary/aromatic N) is 3. The fourth-order valence-corrected chi connectivity index (χ4v) is 4.07. The molecule has 1 aromatic carbocycles. The molecule has 2 aromatic heterocycles. The van der Waals surface area contributed by atoms with E-state index in [0.29, 0.717) is 13.1 Å². The lowest BCUT2D eigenvalue weighted by Gasteiger charge is -2.36. The van der Waals surface area contributed by atoms with Crippen molar-refractivity contribution in [2.75, 3.05) is 23.3 Å². The summed E-state index contributed by atoms with van der Waals surface area (Å²) in [6.45, 7) is 0.642. The Balaban J connectivity index is 1.55. The molecular formula is C21H20F2N4. The van der Waals surface area contributed by atoms with Crippen molar-refractivity contribution >= 4 is 11.5 Å². The van der Waals surface area contributed by atoms with E-state index in [2.05, 4.69) is 39.3 Å². The molecule has 1 unspecified atom stereocenters. The third-order valence-corrected chi connectivity index (χ3v) is 5.46. The Labute approximate surface area is 156 Å². The van der Waals surface area contributed by atoms with Gasteiger partial charge in [-0.1, -0.05) is 18.2 Å². The van der Waals surface area contributed by atoms with E-state index in [1.807, 2.05) is 35.2 Å². The highest BCUT2D eigenvalue weighted by molar-refractivity contribution is 5.68. The number of halogens is 2. The molecule has 0 spiro atoms. The number of benzene rings is 1. The summed E-state index contributed by atoms with van der Waals surface area (Å²) >= 11 is 0. The zero-order chi connectivity index (χ0) is 18.4. The van der Waals surface area contributed by atoms with Crippen LogP contribution in [0.25, 0.3) is 5.69 Å². The molecule has 0 bridgehead atoms. The van der Waals surface area contributed by atoms with E-state index in [0.717, 1.165) is 28.5 Å². The molecule has 1 atom stereocenters. The standard InChI is InChI=1S/C21H20F2N4/c22-21(23)9-13-26(14-10-21)20-15(5-3-11-24-20)19-18-8-4-12-27(18)17-7-2-1-6-16(17)25-19/h1-8,11-12,19,25H,9-10,13-14H2. The van der Waals surface area contributed by atoms with E-state index in [1.54, 1.807) is 6.20 Å². The van der Waals surface area contributed by atoms with Crippen molar-refractivity contribution < 1.29 is 8.78 Å². The van der Waals surface area contributed by atoms with E-state index in [9.17, 15) is 8.78 Å². The molecule has 4 heterocycles. The van der Waals surface area contributed by atoms with Crippen LogP contribution in [0.1, 0.15) is 30.1 Å². The number of fused-ring (bicyclic) bond motifs is 3. The molecule has 0 amide bonds. The molecule has 6 heteroatoms. The molecule has 2 aliphatic heterocycles. The molecule has 3 aromatic rings. The summed E-state index contributed by atoms with van der Waals surface area (Å²) in [7, 11) is 0. The first-order valence-electron chi connectivity index (χ1n) is 9.23. The van der Waals surface area contributed by atoms with Crippen LogP contribution >= 0.6 is 0 Å². The van der Waals surface area contributed by atoms with Crippen LogP contribution in [0.4, 0.5) is 20.3 Å². The molecule has 0 saturated carbocycles. The molecular weight excluding hydrogens is 346 g/mol. The van der Waals surface area contributed by atoms with Crippen LogP contribution in [0, 0.1) is 0 Å². The molecule has 1 N–H and O–H groups in total. The SMILES string of the molecule is FC1(F)CCN(c2ncccc2C2Nc3ccccc3-n3cccc32)CC1. The quantitative estimate of drug-likeness (QED) is 0.718. The smallest absolute Gasteiger partial charge is 0.251 e. The summed E-state index contributed by atoms with van der Waals surface area (Å²) in [6.07, 6.45) is 3.54. The molecule has 0 aliphatic carbocycles. The van der Waals surface area contributed by atoms with Crippen LogP contribution < -0.4 is 10.2 Å². The predicted molar refractivity (Wildman–Crippen MR) is 102 cm³/mol. The Morgan fingerprint density at radius 2 is 1.81 bits per heavy atom. The van der Waals surface area contributed by atoms with Gasteiger partial charge in [0.15, 0.2) is 0 Å². The van der Waals surface area contributed by atoms with Crippen molar-refractivity contribution in [1.82, 2.24) is 9.55 Å². The van der Waals surface area contributed by atoms with E-state index in [4.69, 9.17) is 0 Å². The zero-order valence-electron chi connectivity index (χ0n) is 14.8. The summed E-state index contributed by atoms with van der Waals surface area (Å²) in [5.41, 5.74) is 4.28. The van der Waals surface area contributed by atoms with Gasteiger partial charge in [-0.25, -0.2) is 13.8 Å². The summed E-state index contributed by atoms with van der Waals surface area (Å²) in [5, 5.41) is 3.62. The van der Waals surface area contributed by atoms with Crippen LogP contribution in [-0.2, 0) is 0 Å². The molecule has 2 aliphatic rings. The van der Waals surface area contributed by atoms with Gasteiger partial charge in [0.1, 0.15) is 5.82 Å². The van der Waals surface area contributed by atoms with E-state index in [1.165, 1.54) is 0 Å². The lowest BCUT2D eigenvalue weighted by atomic mass is 9.99. The summed E-state index contributed by atoms with van der Waals surface area (Å²) in [5.74, 6) is -1.78. The van der Waals surface area contributed by atoms with Gasteiger partial charge in [0.2, 0.25) is 0 Å². The highest BCUT2D eigenvalue weighted by atomic mass is 19.3. The minimum Gasteiger partial charge on any atom is -0.371 e. The molecule has 27 heavy (non-hydrogen) atoms. The summed E-state index contributed by atoms with van der Waals surface area (Å²) in [4.78, 5) is 6.56. The number of alkyl halides is 2. The van der Waals surface area contributed by atoms with Crippen LogP contribution in [0.5, 0.6) is 0 Å². The number of rotatable bonds is 2. The minimum atomic E-state index is -2.57. The second kappa shape index (κ2) is 6.08. The second-order valence-corrected chi connectivity index (χ2v) is 7.16. The maximum absolute atomic E-state index is 13.6. The number of pyridine rings is 1. The highest BCUT2D eigenvalue weighted by Gasteiger charge is 2.36. The van der Waals surface area contributed by atoms with Gasteiger partial charge in [-0.15, -0.1) is 0 Å². The predicted octanol–water partition coefficient (Wildman–Crippen LogP) is 4.62. The fraction of sp³-hybridized carbons (Fsp3) is 0.286. The zero-order valence-corrected chi connectivity index (χ0v) is 14.8. The normalized spacial score (nSPS) is 20.5. The Bertz CT molecular complexity index is 972. The number of hydrogen-bond acceptors (Lipinski definition) is 3. The molecule has 5 rings (SSSR count). The topological polar surface area (TPSA) is 33.1 Å². The first kappa shape index (κ1) is 16.3. The van der Waals surface area contributed by atoms with Crippen LogP contribution in [0.3, 0.4) is 0 Å². The lowest BCUT2D eigenvalue weighted by Crippen LogP contribution is -2.40. The van der Waals surface area contributed by atoms with Gasteiger partial charge >= 0.3 is 0 Å². The molecule has 1 fully saturated rings. The number of para-hydroxylation sites is 2. The van der Waals surface area contributed by atoms with E-state index in [-0.39, 0.29) is 18.9 Å². The van der Waals surface area contributed by atoms with Gasteiger partial charge in [0.25, 0.3) is 5.92 Å². The lowest BCUT2D eigenvalue weighted by molar-refractivity contribution is -0.0221. The van der Waals surface area contributed by atoms with Gasteiger partial charge in [-0.3, -0.25) is 0 Å². The van der Waals surface area contributed by atoms with Crippen LogP contribution in [0.15, 0.2) is 60.9 Å². The van der Waals surface area contributed by atoms with Gasteiger partial charge in [0, 0.05) is 49.6 Å². The Hall–Kier alpha value is -2.89. The third-order valence-electron chi connectivity index (χ3n) is 5.46. The number of aromatic nitrogens is 2. The maximum atomic E-state index is 13.6. The van der Waals surface area contributed by atoms with Gasteiger partial charge < -0.3 is 14.8 Å². The summed E-state index contributed by atoms with van der Waals surface area (Å²) < 4.78 is 29.4. The Morgan fingerprint density at radius 1 is 1.00 bits per heavy atom. The Kier molecular flexibility index (Phi) is 3.67. The van der Waals surface area contributed by atoms with E-state index >= 15 is 0 Å². The van der Waals surface area contributed by atoms with Gasteiger partial charge in [-0.2, -0.15) is 0 Å².